The zero-order chi connectivity index (χ0) is 24.5. The van der Waals surface area contributed by atoms with E-state index < -0.39 is 6.04 Å². The van der Waals surface area contributed by atoms with Crippen LogP contribution >= 0.6 is 0 Å². The molecule has 1 aliphatic carbocycles. The molecule has 0 amide bonds. The number of hydrogen-bond acceptors (Lipinski definition) is 6. The number of carbonyl (C=O) groups excluding carboxylic acids is 1. The van der Waals surface area contributed by atoms with Crippen molar-refractivity contribution in [1.29, 1.82) is 0 Å². The third kappa shape index (κ3) is 4.09. The van der Waals surface area contributed by atoms with Crippen molar-refractivity contribution in [3.05, 3.63) is 88.6 Å². The van der Waals surface area contributed by atoms with Crippen molar-refractivity contribution in [1.82, 2.24) is 0 Å². The Bertz CT molecular complexity index is 1300. The van der Waals surface area contributed by atoms with Crippen LogP contribution in [-0.2, 0) is 4.79 Å². The van der Waals surface area contributed by atoms with Gasteiger partial charge in [-0.15, -0.1) is 0 Å². The number of anilines is 2. The van der Waals surface area contributed by atoms with Gasteiger partial charge in [-0.2, -0.15) is 0 Å². The van der Waals surface area contributed by atoms with E-state index >= 15 is 0 Å². The average Bonchev–Trinajstić information content (AvgIpc) is 3.04. The lowest BCUT2D eigenvalue weighted by Gasteiger charge is -2.31. The molecule has 1 aliphatic heterocycles. The van der Waals surface area contributed by atoms with Crippen LogP contribution in [0.2, 0.25) is 0 Å². The molecular weight excluding hydrogens is 440 g/mol. The number of fused-ring (bicyclic) bond motifs is 1. The van der Waals surface area contributed by atoms with Gasteiger partial charge in [-0.05, 0) is 49.1 Å². The molecule has 2 N–H and O–H groups in total. The van der Waals surface area contributed by atoms with Crippen molar-refractivity contribution in [2.45, 2.75) is 31.7 Å². The van der Waals surface area contributed by atoms with Gasteiger partial charge in [0, 0.05) is 23.3 Å². The topological polar surface area (TPSA) is 68.8 Å². The summed E-state index contributed by atoms with van der Waals surface area (Å²) in [6.07, 6.45) is 1.19. The molecule has 2 aliphatic rings. The van der Waals surface area contributed by atoms with E-state index in [0.717, 1.165) is 34.6 Å². The molecule has 0 aromatic heterocycles. The Morgan fingerprint density at radius 3 is 2.20 bits per heavy atom. The average molecular weight is 471 g/mol. The standard InChI is InChI=1S/C29H30N2O4/c1-17-9-11-18(12-10-17)19-15-23-26(24(32)16-19)27(31-22-8-6-5-7-21(22)30-23)20-13-14-25(33-2)29(35-4)28(20)34-3/h5-14,19,27,30-31H,15-16H2,1-4H3. The summed E-state index contributed by atoms with van der Waals surface area (Å²) in [5.41, 5.74) is 6.74. The molecule has 5 rings (SSSR count). The highest BCUT2D eigenvalue weighted by molar-refractivity contribution is 6.01. The van der Waals surface area contributed by atoms with E-state index in [1.54, 1.807) is 21.3 Å². The van der Waals surface area contributed by atoms with Gasteiger partial charge < -0.3 is 24.8 Å². The second kappa shape index (κ2) is 9.37. The van der Waals surface area contributed by atoms with E-state index in [-0.39, 0.29) is 11.7 Å². The van der Waals surface area contributed by atoms with E-state index in [1.165, 1.54) is 11.1 Å². The number of Topliss-reactive ketones (excluding diaryl/α,β-unsaturated/α-hetero) is 1. The lowest BCUT2D eigenvalue weighted by atomic mass is 9.78. The van der Waals surface area contributed by atoms with Gasteiger partial charge in [0.1, 0.15) is 0 Å². The summed E-state index contributed by atoms with van der Waals surface area (Å²) in [5.74, 6) is 1.86. The number of nitrogens with one attached hydrogen (secondary N) is 2. The van der Waals surface area contributed by atoms with Crippen LogP contribution in [0.25, 0.3) is 0 Å². The predicted molar refractivity (Wildman–Crippen MR) is 138 cm³/mol. The van der Waals surface area contributed by atoms with Crippen LogP contribution in [0.15, 0.2) is 71.9 Å². The maximum Gasteiger partial charge on any atom is 0.203 e. The maximum absolute atomic E-state index is 13.8. The summed E-state index contributed by atoms with van der Waals surface area (Å²) in [4.78, 5) is 13.8. The third-order valence-electron chi connectivity index (χ3n) is 6.90. The number of allylic oxidation sites excluding steroid dienone is 1. The highest BCUT2D eigenvalue weighted by Gasteiger charge is 2.37. The lowest BCUT2D eigenvalue weighted by molar-refractivity contribution is -0.116. The summed E-state index contributed by atoms with van der Waals surface area (Å²) in [6.45, 7) is 2.08. The fraction of sp³-hybridized carbons (Fsp3) is 0.276. The maximum atomic E-state index is 13.8. The number of ether oxygens (including phenoxy) is 3. The molecule has 0 saturated carbocycles. The Labute approximate surface area is 205 Å². The first-order valence-corrected chi connectivity index (χ1v) is 11.8. The summed E-state index contributed by atoms with van der Waals surface area (Å²) in [5, 5.41) is 7.20. The minimum absolute atomic E-state index is 0.117. The summed E-state index contributed by atoms with van der Waals surface area (Å²) in [6, 6.07) is 19.9. The molecule has 3 aromatic carbocycles. The van der Waals surface area contributed by atoms with Gasteiger partial charge in [-0.3, -0.25) is 4.79 Å². The van der Waals surface area contributed by atoms with Gasteiger partial charge in [0.15, 0.2) is 17.3 Å². The van der Waals surface area contributed by atoms with E-state index in [9.17, 15) is 4.79 Å². The number of methoxy groups -OCH3 is 3. The summed E-state index contributed by atoms with van der Waals surface area (Å²) >= 11 is 0. The second-order valence-corrected chi connectivity index (χ2v) is 9.00. The van der Waals surface area contributed by atoms with Gasteiger partial charge >= 0.3 is 0 Å². The molecule has 0 fully saturated rings. The Kier molecular flexibility index (Phi) is 6.12. The number of para-hydroxylation sites is 2. The van der Waals surface area contributed by atoms with E-state index in [2.05, 4.69) is 41.8 Å². The van der Waals surface area contributed by atoms with Crippen LogP contribution in [-0.4, -0.2) is 27.1 Å². The van der Waals surface area contributed by atoms with E-state index in [1.807, 2.05) is 36.4 Å². The Morgan fingerprint density at radius 1 is 0.800 bits per heavy atom. The molecule has 1 heterocycles. The SMILES string of the molecule is COc1ccc(C2Nc3ccccc3NC3=C2C(=O)CC(c2ccc(C)cc2)C3)c(OC)c1OC. The largest absolute Gasteiger partial charge is 0.493 e. The minimum atomic E-state index is -0.414. The van der Waals surface area contributed by atoms with Gasteiger partial charge in [-0.25, -0.2) is 0 Å². The molecule has 180 valence electrons. The monoisotopic (exact) mass is 470 g/mol. The first-order valence-electron chi connectivity index (χ1n) is 11.8. The molecule has 0 saturated heterocycles. The summed E-state index contributed by atoms with van der Waals surface area (Å²) in [7, 11) is 4.79. The van der Waals surface area contributed by atoms with Gasteiger partial charge in [-0.1, -0.05) is 42.0 Å². The fourth-order valence-electron chi connectivity index (χ4n) is 5.15. The number of rotatable bonds is 5. The zero-order valence-corrected chi connectivity index (χ0v) is 20.5. The van der Waals surface area contributed by atoms with Gasteiger partial charge in [0.2, 0.25) is 5.75 Å². The molecule has 6 heteroatoms. The molecule has 0 bridgehead atoms. The molecular formula is C29H30N2O4. The molecule has 0 spiro atoms. The van der Waals surface area contributed by atoms with Crippen LogP contribution in [0, 0.1) is 6.92 Å². The Hall–Kier alpha value is -3.93. The van der Waals surface area contributed by atoms with Crippen molar-refractivity contribution in [3.8, 4) is 17.2 Å². The summed E-state index contributed by atoms with van der Waals surface area (Å²) < 4.78 is 16.9. The van der Waals surface area contributed by atoms with Crippen molar-refractivity contribution >= 4 is 17.2 Å². The minimum Gasteiger partial charge on any atom is -0.493 e. The Morgan fingerprint density at radius 2 is 1.51 bits per heavy atom. The van der Waals surface area contributed by atoms with Crippen molar-refractivity contribution in [3.63, 3.8) is 0 Å². The van der Waals surface area contributed by atoms with Gasteiger partial charge in [0.25, 0.3) is 0 Å². The predicted octanol–water partition coefficient (Wildman–Crippen LogP) is 6.00. The van der Waals surface area contributed by atoms with Crippen molar-refractivity contribution < 1.29 is 19.0 Å². The van der Waals surface area contributed by atoms with Crippen molar-refractivity contribution in [2.24, 2.45) is 0 Å². The van der Waals surface area contributed by atoms with Crippen LogP contribution in [0.4, 0.5) is 11.4 Å². The van der Waals surface area contributed by atoms with E-state index in [4.69, 9.17) is 14.2 Å². The number of ketones is 1. The number of aryl methyl sites for hydroxylation is 1. The van der Waals surface area contributed by atoms with Gasteiger partial charge in [0.05, 0.1) is 38.7 Å². The van der Waals surface area contributed by atoms with Crippen molar-refractivity contribution in [2.75, 3.05) is 32.0 Å². The highest BCUT2D eigenvalue weighted by Crippen LogP contribution is 2.49. The molecule has 0 radical (unpaired) electrons. The quantitative estimate of drug-likeness (QED) is 0.477. The fourth-order valence-corrected chi connectivity index (χ4v) is 5.15. The smallest absolute Gasteiger partial charge is 0.203 e. The van der Waals surface area contributed by atoms with E-state index in [0.29, 0.717) is 23.7 Å². The third-order valence-corrected chi connectivity index (χ3v) is 6.90. The van der Waals surface area contributed by atoms with Crippen LogP contribution < -0.4 is 24.8 Å². The first kappa shape index (κ1) is 22.8. The molecule has 3 aromatic rings. The van der Waals surface area contributed by atoms with Crippen LogP contribution in [0.3, 0.4) is 0 Å². The molecule has 2 unspecified atom stereocenters. The molecule has 35 heavy (non-hydrogen) atoms. The number of carbonyl (C=O) groups is 1. The zero-order valence-electron chi connectivity index (χ0n) is 20.5. The number of hydrogen-bond donors (Lipinski definition) is 2. The highest BCUT2D eigenvalue weighted by atomic mass is 16.5. The lowest BCUT2D eigenvalue weighted by Crippen LogP contribution is -2.27. The van der Waals surface area contributed by atoms with Crippen LogP contribution in [0.5, 0.6) is 17.2 Å². The number of benzene rings is 3. The first-order chi connectivity index (χ1) is 17.0. The Balaban J connectivity index is 1.66. The normalized spacial score (nSPS) is 19.0. The van der Waals surface area contributed by atoms with Crippen LogP contribution in [0.1, 0.15) is 41.5 Å². The second-order valence-electron chi connectivity index (χ2n) is 9.00. The molecule has 6 nitrogen and oxygen atoms in total. The molecule has 2 atom stereocenters.